The highest BCUT2D eigenvalue weighted by molar-refractivity contribution is 5.33. The molecule has 3 N–H and O–H groups in total. The molecule has 0 bridgehead atoms. The van der Waals surface area contributed by atoms with E-state index in [1.54, 1.807) is 6.92 Å². The van der Waals surface area contributed by atoms with E-state index in [1.807, 2.05) is 0 Å². The second-order valence-electron chi connectivity index (χ2n) is 4.31. The Morgan fingerprint density at radius 1 is 1.11 bits per heavy atom. The lowest BCUT2D eigenvalue weighted by molar-refractivity contribution is -0.345. The Bertz CT molecular complexity index is 341. The van der Waals surface area contributed by atoms with Gasteiger partial charge in [-0.15, -0.1) is 0 Å². The molecule has 0 saturated heterocycles. The molecule has 0 fully saturated rings. The number of hydrogen-bond donors (Lipinski definition) is 3. The third kappa shape index (κ3) is 7.62. The van der Waals surface area contributed by atoms with Crippen molar-refractivity contribution < 1.29 is 24.9 Å². The number of aliphatic hydroxyl groups is 3. The van der Waals surface area contributed by atoms with Crippen molar-refractivity contribution in [2.24, 2.45) is 15.9 Å². The lowest BCUT2D eigenvalue weighted by Crippen LogP contribution is -2.43. The largest absolute Gasteiger partial charge is 0.343 e. The smallest absolute Gasteiger partial charge is 0.280 e. The van der Waals surface area contributed by atoms with Crippen molar-refractivity contribution >= 4 is 12.2 Å². The Balaban J connectivity index is 4.32. The van der Waals surface area contributed by atoms with Crippen molar-refractivity contribution in [2.75, 3.05) is 6.54 Å². The maximum atomic E-state index is 10.3. The molecule has 7 nitrogen and oxygen atoms in total. The highest BCUT2D eigenvalue weighted by atomic mass is 16.7. The number of rotatable bonds is 10. The molecule has 108 valence electrons. The van der Waals surface area contributed by atoms with Crippen molar-refractivity contribution in [2.45, 2.75) is 51.0 Å². The minimum absolute atomic E-state index is 0.259. The Morgan fingerprint density at radius 2 is 1.79 bits per heavy atom. The summed E-state index contributed by atoms with van der Waals surface area (Å²) in [5.74, 6) is -3.80. The molecule has 7 heteroatoms. The zero-order valence-electron chi connectivity index (χ0n) is 10.9. The van der Waals surface area contributed by atoms with Crippen LogP contribution in [0.25, 0.3) is 0 Å². The minimum Gasteiger partial charge on any atom is -0.343 e. The third-order valence-corrected chi connectivity index (χ3v) is 2.95. The summed E-state index contributed by atoms with van der Waals surface area (Å²) >= 11 is 0. The predicted octanol–water partition coefficient (Wildman–Crippen LogP) is 0.244. The van der Waals surface area contributed by atoms with E-state index in [9.17, 15) is 24.9 Å². The van der Waals surface area contributed by atoms with Crippen LogP contribution in [0.1, 0.15) is 39.0 Å². The maximum Gasteiger partial charge on any atom is 0.280 e. The van der Waals surface area contributed by atoms with Crippen LogP contribution in [0.3, 0.4) is 0 Å². The fraction of sp³-hybridized carbons (Fsp3) is 0.833. The molecular weight excluding hydrogens is 252 g/mol. The fourth-order valence-electron chi connectivity index (χ4n) is 1.99. The van der Waals surface area contributed by atoms with Gasteiger partial charge < -0.3 is 15.3 Å². The molecule has 0 amide bonds. The summed E-state index contributed by atoms with van der Waals surface area (Å²) in [7, 11) is 0. The highest BCUT2D eigenvalue weighted by Crippen LogP contribution is 2.25. The molecular formula is C12H20N2O5. The molecule has 0 aliphatic carbocycles. The summed E-state index contributed by atoms with van der Waals surface area (Å²) in [6.45, 7) is 2.06. The molecule has 0 saturated carbocycles. The first-order chi connectivity index (χ1) is 8.97. The van der Waals surface area contributed by atoms with Gasteiger partial charge in [0.15, 0.2) is 0 Å². The molecule has 19 heavy (non-hydrogen) atoms. The third-order valence-electron chi connectivity index (χ3n) is 2.95. The van der Waals surface area contributed by atoms with E-state index in [0.29, 0.717) is 25.8 Å². The van der Waals surface area contributed by atoms with E-state index in [-0.39, 0.29) is 6.42 Å². The number of hydrogen-bond acceptors (Lipinski definition) is 7. The first-order valence-electron chi connectivity index (χ1n) is 6.25. The van der Waals surface area contributed by atoms with Crippen LogP contribution in [0.5, 0.6) is 0 Å². The van der Waals surface area contributed by atoms with Crippen molar-refractivity contribution in [3.8, 4) is 0 Å². The van der Waals surface area contributed by atoms with Crippen LogP contribution < -0.4 is 0 Å². The van der Waals surface area contributed by atoms with E-state index in [4.69, 9.17) is 0 Å². The number of isocyanates is 2. The lowest BCUT2D eigenvalue weighted by atomic mass is 9.90. The van der Waals surface area contributed by atoms with Gasteiger partial charge in [-0.05, 0) is 19.3 Å². The predicted molar refractivity (Wildman–Crippen MR) is 66.5 cm³/mol. The fourth-order valence-corrected chi connectivity index (χ4v) is 1.99. The molecule has 2 unspecified atom stereocenters. The maximum absolute atomic E-state index is 10.3. The quantitative estimate of drug-likeness (QED) is 0.228. The van der Waals surface area contributed by atoms with Crippen LogP contribution in [0.2, 0.25) is 0 Å². The zero-order chi connectivity index (χ0) is 14.7. The summed E-state index contributed by atoms with van der Waals surface area (Å²) in [5.41, 5.74) is 0. The Labute approximate surface area is 111 Å². The van der Waals surface area contributed by atoms with Crippen LogP contribution in [0, 0.1) is 5.92 Å². The molecule has 0 aromatic carbocycles. The van der Waals surface area contributed by atoms with Crippen LogP contribution in [0.15, 0.2) is 9.98 Å². The van der Waals surface area contributed by atoms with Crippen molar-refractivity contribution in [1.82, 2.24) is 0 Å². The van der Waals surface area contributed by atoms with Gasteiger partial charge in [0.05, 0.1) is 18.5 Å². The molecule has 0 aromatic rings. The first-order valence-corrected chi connectivity index (χ1v) is 6.25. The van der Waals surface area contributed by atoms with Crippen molar-refractivity contribution in [1.29, 1.82) is 0 Å². The Morgan fingerprint density at radius 3 is 2.26 bits per heavy atom. The average molecular weight is 272 g/mol. The number of nitrogens with zero attached hydrogens (tertiary/aromatic N) is 2. The Hall–Kier alpha value is -1.36. The van der Waals surface area contributed by atoms with Crippen LogP contribution in [-0.2, 0) is 9.59 Å². The summed E-state index contributed by atoms with van der Waals surface area (Å²) in [4.78, 5) is 27.1. The van der Waals surface area contributed by atoms with E-state index in [0.717, 1.165) is 6.42 Å². The summed E-state index contributed by atoms with van der Waals surface area (Å²) < 4.78 is 0. The average Bonchev–Trinajstić information content (AvgIpc) is 2.32. The number of aliphatic imine (C=N–C) groups is 2. The van der Waals surface area contributed by atoms with Crippen molar-refractivity contribution in [3.05, 3.63) is 0 Å². The highest BCUT2D eigenvalue weighted by Gasteiger charge is 2.37. The Kier molecular flexibility index (Phi) is 8.87. The van der Waals surface area contributed by atoms with Gasteiger partial charge in [-0.1, -0.05) is 19.8 Å². The van der Waals surface area contributed by atoms with E-state index in [2.05, 4.69) is 9.98 Å². The summed E-state index contributed by atoms with van der Waals surface area (Å²) in [6.07, 6.45) is 5.62. The SMILES string of the molecule is CCC(C(CCCCCN=C=O)N=C=O)C(O)(O)O. The van der Waals surface area contributed by atoms with Gasteiger partial charge in [-0.25, -0.2) is 19.6 Å². The van der Waals surface area contributed by atoms with E-state index in [1.165, 1.54) is 12.2 Å². The van der Waals surface area contributed by atoms with E-state index < -0.39 is 17.9 Å². The van der Waals surface area contributed by atoms with Gasteiger partial charge in [-0.2, -0.15) is 0 Å². The monoisotopic (exact) mass is 272 g/mol. The van der Waals surface area contributed by atoms with Gasteiger partial charge in [-0.3, -0.25) is 0 Å². The summed E-state index contributed by atoms with van der Waals surface area (Å²) in [5, 5.41) is 27.6. The normalized spacial score (nSPS) is 14.1. The number of carbonyl (C=O) groups excluding carboxylic acids is 2. The molecule has 0 heterocycles. The summed E-state index contributed by atoms with van der Waals surface area (Å²) in [6, 6.07) is -0.697. The molecule has 0 aliphatic heterocycles. The second kappa shape index (κ2) is 9.55. The standard InChI is InChI=1S/C12H20N2O5/c1-2-10(12(17,18)19)11(14-9-16)6-4-3-5-7-13-8-15/h10-11,17-19H,2-7H2,1H3. The van der Waals surface area contributed by atoms with Gasteiger partial charge in [0.1, 0.15) is 0 Å². The molecule has 2 atom stereocenters. The van der Waals surface area contributed by atoms with Gasteiger partial charge >= 0.3 is 0 Å². The first kappa shape index (κ1) is 17.6. The van der Waals surface area contributed by atoms with Crippen LogP contribution in [-0.4, -0.2) is 46.0 Å². The zero-order valence-corrected chi connectivity index (χ0v) is 10.9. The molecule has 0 aliphatic rings. The van der Waals surface area contributed by atoms with Gasteiger partial charge in [0.2, 0.25) is 12.2 Å². The topological polar surface area (TPSA) is 120 Å². The van der Waals surface area contributed by atoms with Gasteiger partial charge in [0, 0.05) is 0 Å². The van der Waals surface area contributed by atoms with Gasteiger partial charge in [0.25, 0.3) is 5.97 Å². The van der Waals surface area contributed by atoms with E-state index >= 15 is 0 Å². The molecule has 0 spiro atoms. The lowest BCUT2D eigenvalue weighted by Gasteiger charge is -2.29. The molecule has 0 radical (unpaired) electrons. The van der Waals surface area contributed by atoms with Crippen molar-refractivity contribution in [3.63, 3.8) is 0 Å². The second-order valence-corrected chi connectivity index (χ2v) is 4.31. The molecule has 0 rings (SSSR count). The van der Waals surface area contributed by atoms with Crippen LogP contribution >= 0.6 is 0 Å². The number of unbranched alkanes of at least 4 members (excludes halogenated alkanes) is 2. The molecule has 0 aromatic heterocycles. The van der Waals surface area contributed by atoms with Crippen LogP contribution in [0.4, 0.5) is 0 Å². The minimum atomic E-state index is -2.86.